The normalized spacial score (nSPS) is 12.9. The number of carbonyl (C=O) groups is 1. The van der Waals surface area contributed by atoms with E-state index >= 15 is 0 Å². The standard InChI is InChI=1S/C14H19N3O2/c1-8(2)6-11(15)14(18)17-10-4-5-13-12(7-10)16-9(3)19-13/h4-5,7-8,11H,6,15H2,1-3H3,(H,17,18). The Kier molecular flexibility index (Phi) is 3.85. The van der Waals surface area contributed by atoms with E-state index in [1.54, 1.807) is 25.1 Å². The number of hydrogen-bond donors (Lipinski definition) is 2. The van der Waals surface area contributed by atoms with Crippen molar-refractivity contribution in [2.75, 3.05) is 5.32 Å². The third-order valence-corrected chi connectivity index (χ3v) is 2.82. The number of benzene rings is 1. The molecular formula is C14H19N3O2. The Balaban J connectivity index is 2.10. The van der Waals surface area contributed by atoms with Crippen molar-refractivity contribution in [2.45, 2.75) is 33.2 Å². The van der Waals surface area contributed by atoms with Crippen LogP contribution in [0.2, 0.25) is 0 Å². The number of nitrogens with one attached hydrogen (secondary N) is 1. The monoisotopic (exact) mass is 261 g/mol. The largest absolute Gasteiger partial charge is 0.441 e. The van der Waals surface area contributed by atoms with Gasteiger partial charge in [0.1, 0.15) is 5.52 Å². The van der Waals surface area contributed by atoms with Crippen LogP contribution in [0.25, 0.3) is 11.1 Å². The molecule has 5 heteroatoms. The highest BCUT2D eigenvalue weighted by atomic mass is 16.3. The average molecular weight is 261 g/mol. The molecule has 1 amide bonds. The number of nitrogens with two attached hydrogens (primary N) is 1. The molecule has 1 aromatic heterocycles. The fourth-order valence-electron chi connectivity index (χ4n) is 1.97. The van der Waals surface area contributed by atoms with E-state index in [0.29, 0.717) is 29.5 Å². The van der Waals surface area contributed by atoms with E-state index in [9.17, 15) is 4.79 Å². The van der Waals surface area contributed by atoms with Crippen molar-refractivity contribution in [3.63, 3.8) is 0 Å². The first kappa shape index (κ1) is 13.5. The topological polar surface area (TPSA) is 81.2 Å². The summed E-state index contributed by atoms with van der Waals surface area (Å²) >= 11 is 0. The van der Waals surface area contributed by atoms with Gasteiger partial charge in [0.05, 0.1) is 6.04 Å². The summed E-state index contributed by atoms with van der Waals surface area (Å²) in [7, 11) is 0. The van der Waals surface area contributed by atoms with Crippen molar-refractivity contribution in [3.8, 4) is 0 Å². The molecule has 0 bridgehead atoms. The number of aryl methyl sites for hydroxylation is 1. The van der Waals surface area contributed by atoms with Gasteiger partial charge in [0.2, 0.25) is 5.91 Å². The van der Waals surface area contributed by atoms with Gasteiger partial charge in [-0.2, -0.15) is 0 Å². The summed E-state index contributed by atoms with van der Waals surface area (Å²) in [5, 5.41) is 2.80. The lowest BCUT2D eigenvalue weighted by Gasteiger charge is -2.14. The van der Waals surface area contributed by atoms with E-state index in [0.717, 1.165) is 5.52 Å². The van der Waals surface area contributed by atoms with Crippen LogP contribution in [-0.4, -0.2) is 16.9 Å². The Bertz CT molecular complexity index is 589. The first-order chi connectivity index (χ1) is 8.95. The number of aromatic nitrogens is 1. The Labute approximate surface area is 112 Å². The molecule has 1 unspecified atom stereocenters. The molecule has 102 valence electrons. The fourth-order valence-corrected chi connectivity index (χ4v) is 1.97. The van der Waals surface area contributed by atoms with Crippen molar-refractivity contribution >= 4 is 22.7 Å². The van der Waals surface area contributed by atoms with Gasteiger partial charge < -0.3 is 15.5 Å². The molecular weight excluding hydrogens is 242 g/mol. The molecule has 0 fully saturated rings. The lowest BCUT2D eigenvalue weighted by Crippen LogP contribution is -2.36. The van der Waals surface area contributed by atoms with Crippen LogP contribution in [0.5, 0.6) is 0 Å². The Morgan fingerprint density at radius 2 is 2.21 bits per heavy atom. The smallest absolute Gasteiger partial charge is 0.241 e. The number of oxazole rings is 1. The number of nitrogens with zero attached hydrogens (tertiary/aromatic N) is 1. The summed E-state index contributed by atoms with van der Waals surface area (Å²) in [4.78, 5) is 16.1. The first-order valence-electron chi connectivity index (χ1n) is 6.39. The summed E-state index contributed by atoms with van der Waals surface area (Å²) in [5.41, 5.74) is 7.96. The van der Waals surface area contributed by atoms with Gasteiger partial charge in [0, 0.05) is 12.6 Å². The number of anilines is 1. The zero-order valence-electron chi connectivity index (χ0n) is 11.4. The van der Waals surface area contributed by atoms with Crippen LogP contribution >= 0.6 is 0 Å². The quantitative estimate of drug-likeness (QED) is 0.885. The molecule has 0 spiro atoms. The maximum absolute atomic E-state index is 11.9. The molecule has 3 N–H and O–H groups in total. The predicted octanol–water partition coefficient (Wildman–Crippen LogP) is 2.45. The van der Waals surface area contributed by atoms with Crippen LogP contribution in [-0.2, 0) is 4.79 Å². The maximum Gasteiger partial charge on any atom is 0.241 e. The summed E-state index contributed by atoms with van der Waals surface area (Å²) < 4.78 is 5.38. The van der Waals surface area contributed by atoms with Crippen LogP contribution < -0.4 is 11.1 Å². The molecule has 0 aliphatic heterocycles. The molecule has 0 aliphatic carbocycles. The zero-order chi connectivity index (χ0) is 14.0. The molecule has 2 rings (SSSR count). The summed E-state index contributed by atoms with van der Waals surface area (Å²) in [6.07, 6.45) is 0.664. The number of fused-ring (bicyclic) bond motifs is 1. The van der Waals surface area contributed by atoms with E-state index in [1.807, 2.05) is 13.8 Å². The van der Waals surface area contributed by atoms with E-state index in [1.165, 1.54) is 0 Å². The molecule has 0 saturated heterocycles. The number of hydrogen-bond acceptors (Lipinski definition) is 4. The minimum atomic E-state index is -0.491. The zero-order valence-corrected chi connectivity index (χ0v) is 11.4. The van der Waals surface area contributed by atoms with Crippen LogP contribution in [0.4, 0.5) is 5.69 Å². The molecule has 1 aromatic carbocycles. The third kappa shape index (κ3) is 3.32. The van der Waals surface area contributed by atoms with Crippen molar-refractivity contribution in [1.29, 1.82) is 0 Å². The molecule has 0 saturated carbocycles. The average Bonchev–Trinajstić information content (AvgIpc) is 2.67. The van der Waals surface area contributed by atoms with Crippen molar-refractivity contribution in [1.82, 2.24) is 4.98 Å². The highest BCUT2D eigenvalue weighted by molar-refractivity contribution is 5.96. The second kappa shape index (κ2) is 5.40. The van der Waals surface area contributed by atoms with E-state index in [2.05, 4.69) is 10.3 Å². The lowest BCUT2D eigenvalue weighted by molar-refractivity contribution is -0.117. The highest BCUT2D eigenvalue weighted by Crippen LogP contribution is 2.20. The van der Waals surface area contributed by atoms with Crippen molar-refractivity contribution in [2.24, 2.45) is 11.7 Å². The van der Waals surface area contributed by atoms with E-state index < -0.39 is 6.04 Å². The predicted molar refractivity (Wildman–Crippen MR) is 74.8 cm³/mol. The SMILES string of the molecule is Cc1nc2cc(NC(=O)C(N)CC(C)C)ccc2o1. The van der Waals surface area contributed by atoms with Gasteiger partial charge in [-0.1, -0.05) is 13.8 Å². The van der Waals surface area contributed by atoms with Crippen LogP contribution in [0.3, 0.4) is 0 Å². The van der Waals surface area contributed by atoms with Gasteiger partial charge in [-0.15, -0.1) is 0 Å². The van der Waals surface area contributed by atoms with Gasteiger partial charge in [0.15, 0.2) is 11.5 Å². The van der Waals surface area contributed by atoms with Gasteiger partial charge in [0.25, 0.3) is 0 Å². The molecule has 1 heterocycles. The van der Waals surface area contributed by atoms with E-state index in [4.69, 9.17) is 10.2 Å². The first-order valence-corrected chi connectivity index (χ1v) is 6.39. The van der Waals surface area contributed by atoms with Crippen LogP contribution in [0.1, 0.15) is 26.2 Å². The highest BCUT2D eigenvalue weighted by Gasteiger charge is 2.15. The summed E-state index contributed by atoms with van der Waals surface area (Å²) in [6.45, 7) is 5.87. The molecule has 19 heavy (non-hydrogen) atoms. The van der Waals surface area contributed by atoms with Crippen LogP contribution in [0, 0.1) is 12.8 Å². The van der Waals surface area contributed by atoms with Crippen LogP contribution in [0.15, 0.2) is 22.6 Å². The maximum atomic E-state index is 11.9. The second-order valence-corrected chi connectivity index (χ2v) is 5.14. The minimum Gasteiger partial charge on any atom is -0.441 e. The minimum absolute atomic E-state index is 0.173. The number of rotatable bonds is 4. The molecule has 1 atom stereocenters. The molecule has 2 aromatic rings. The second-order valence-electron chi connectivity index (χ2n) is 5.14. The number of amides is 1. The van der Waals surface area contributed by atoms with Gasteiger partial charge >= 0.3 is 0 Å². The third-order valence-electron chi connectivity index (χ3n) is 2.82. The Morgan fingerprint density at radius 1 is 1.47 bits per heavy atom. The Morgan fingerprint density at radius 3 is 2.89 bits per heavy atom. The molecule has 0 radical (unpaired) electrons. The Hall–Kier alpha value is -1.88. The fraction of sp³-hybridized carbons (Fsp3) is 0.429. The van der Waals surface area contributed by atoms with Gasteiger partial charge in [-0.05, 0) is 30.5 Å². The van der Waals surface area contributed by atoms with E-state index in [-0.39, 0.29) is 5.91 Å². The number of carbonyl (C=O) groups excluding carboxylic acids is 1. The molecule has 0 aliphatic rings. The summed E-state index contributed by atoms with van der Waals surface area (Å²) in [5.74, 6) is 0.824. The van der Waals surface area contributed by atoms with Gasteiger partial charge in [-0.3, -0.25) is 4.79 Å². The van der Waals surface area contributed by atoms with Crippen molar-refractivity contribution < 1.29 is 9.21 Å². The van der Waals surface area contributed by atoms with Crippen molar-refractivity contribution in [3.05, 3.63) is 24.1 Å². The van der Waals surface area contributed by atoms with Gasteiger partial charge in [-0.25, -0.2) is 4.98 Å². The summed E-state index contributed by atoms with van der Waals surface area (Å²) in [6, 6.07) is 4.87. The molecule has 5 nitrogen and oxygen atoms in total. The lowest BCUT2D eigenvalue weighted by atomic mass is 10.0.